The van der Waals surface area contributed by atoms with Gasteiger partial charge in [-0.1, -0.05) is 0 Å². The molecule has 0 saturated carbocycles. The zero-order valence-corrected chi connectivity index (χ0v) is 10.5. The molecule has 17 heavy (non-hydrogen) atoms. The molecule has 3 rings (SSSR count). The summed E-state index contributed by atoms with van der Waals surface area (Å²) in [5, 5.41) is 3.58. The van der Waals surface area contributed by atoms with Crippen LogP contribution >= 0.6 is 0 Å². The third-order valence-electron chi connectivity index (χ3n) is 4.29. The SMILES string of the molecule is c1cc(CN2CCCC3(CCCNC3)C2)co1. The summed E-state index contributed by atoms with van der Waals surface area (Å²) >= 11 is 0. The van der Waals surface area contributed by atoms with E-state index in [1.165, 1.54) is 57.4 Å². The molecule has 94 valence electrons. The van der Waals surface area contributed by atoms with Crippen molar-refractivity contribution in [2.45, 2.75) is 32.2 Å². The van der Waals surface area contributed by atoms with E-state index in [2.05, 4.69) is 16.3 Å². The van der Waals surface area contributed by atoms with Crippen LogP contribution in [0.15, 0.2) is 23.0 Å². The number of nitrogens with zero attached hydrogens (tertiary/aromatic N) is 1. The molecule has 1 unspecified atom stereocenters. The number of hydrogen-bond acceptors (Lipinski definition) is 3. The topological polar surface area (TPSA) is 28.4 Å². The first kappa shape index (κ1) is 11.3. The summed E-state index contributed by atoms with van der Waals surface area (Å²) in [5.41, 5.74) is 1.87. The molecule has 0 radical (unpaired) electrons. The first-order valence-electron chi connectivity index (χ1n) is 6.81. The fraction of sp³-hybridized carbons (Fsp3) is 0.714. The van der Waals surface area contributed by atoms with Crippen LogP contribution in [0.3, 0.4) is 0 Å². The molecule has 0 aliphatic carbocycles. The van der Waals surface area contributed by atoms with E-state index in [-0.39, 0.29) is 0 Å². The number of rotatable bonds is 2. The lowest BCUT2D eigenvalue weighted by atomic mass is 9.74. The van der Waals surface area contributed by atoms with Crippen LogP contribution in [0.1, 0.15) is 31.2 Å². The smallest absolute Gasteiger partial charge is 0.0947 e. The molecule has 3 heterocycles. The first-order chi connectivity index (χ1) is 8.36. The average molecular weight is 234 g/mol. The fourth-order valence-electron chi connectivity index (χ4n) is 3.46. The minimum absolute atomic E-state index is 0.556. The molecule has 1 spiro atoms. The Morgan fingerprint density at radius 3 is 3.06 bits per heavy atom. The molecular formula is C14H22N2O. The Hall–Kier alpha value is -0.800. The van der Waals surface area contributed by atoms with E-state index in [1.54, 1.807) is 6.26 Å². The van der Waals surface area contributed by atoms with Gasteiger partial charge < -0.3 is 9.73 Å². The summed E-state index contributed by atoms with van der Waals surface area (Å²) in [6.07, 6.45) is 9.15. The molecule has 2 saturated heterocycles. The summed E-state index contributed by atoms with van der Waals surface area (Å²) in [5.74, 6) is 0. The van der Waals surface area contributed by atoms with Crippen LogP contribution in [0, 0.1) is 5.41 Å². The molecule has 2 aliphatic rings. The second-order valence-corrected chi connectivity index (χ2v) is 5.73. The molecule has 2 fully saturated rings. The van der Waals surface area contributed by atoms with E-state index in [4.69, 9.17) is 4.42 Å². The van der Waals surface area contributed by atoms with Crippen molar-refractivity contribution in [3.63, 3.8) is 0 Å². The highest BCUT2D eigenvalue weighted by atomic mass is 16.3. The van der Waals surface area contributed by atoms with E-state index < -0.39 is 0 Å². The van der Waals surface area contributed by atoms with Gasteiger partial charge in [-0.3, -0.25) is 4.90 Å². The molecule has 3 nitrogen and oxygen atoms in total. The van der Waals surface area contributed by atoms with Gasteiger partial charge in [-0.2, -0.15) is 0 Å². The Labute approximate surface area is 103 Å². The molecule has 0 aromatic carbocycles. The summed E-state index contributed by atoms with van der Waals surface area (Å²) < 4.78 is 5.15. The van der Waals surface area contributed by atoms with Crippen LogP contribution in [-0.4, -0.2) is 31.1 Å². The van der Waals surface area contributed by atoms with Gasteiger partial charge in [0.1, 0.15) is 0 Å². The molecule has 3 heteroatoms. The molecule has 1 aromatic rings. The number of nitrogens with one attached hydrogen (secondary N) is 1. The highest BCUT2D eigenvalue weighted by molar-refractivity contribution is 5.05. The molecule has 1 N–H and O–H groups in total. The predicted octanol–water partition coefficient (Wildman–Crippen LogP) is 2.25. The first-order valence-corrected chi connectivity index (χ1v) is 6.81. The normalized spacial score (nSPS) is 30.8. The van der Waals surface area contributed by atoms with Crippen molar-refractivity contribution in [2.75, 3.05) is 26.2 Å². The quantitative estimate of drug-likeness (QED) is 0.850. The zero-order chi connectivity index (χ0) is 11.6. The van der Waals surface area contributed by atoms with Crippen molar-refractivity contribution < 1.29 is 4.42 Å². The number of furan rings is 1. The molecule has 1 atom stereocenters. The van der Waals surface area contributed by atoms with Crippen LogP contribution in [0.5, 0.6) is 0 Å². The Balaban J connectivity index is 1.62. The summed E-state index contributed by atoms with van der Waals surface area (Å²) in [6.45, 7) is 5.98. The minimum atomic E-state index is 0.556. The lowest BCUT2D eigenvalue weighted by molar-refractivity contribution is 0.0599. The van der Waals surface area contributed by atoms with Crippen molar-refractivity contribution >= 4 is 0 Å². The van der Waals surface area contributed by atoms with Gasteiger partial charge in [0.2, 0.25) is 0 Å². The second-order valence-electron chi connectivity index (χ2n) is 5.73. The zero-order valence-electron chi connectivity index (χ0n) is 10.5. The standard InChI is InChI=1S/C14H22N2O/c1-4-14(11-15-6-1)5-2-7-16(12-14)9-13-3-8-17-10-13/h3,8,10,15H,1-2,4-7,9,11-12H2. The van der Waals surface area contributed by atoms with Gasteiger partial charge in [-0.05, 0) is 50.3 Å². The van der Waals surface area contributed by atoms with Crippen molar-refractivity contribution in [1.82, 2.24) is 10.2 Å². The van der Waals surface area contributed by atoms with E-state index in [0.717, 1.165) is 6.54 Å². The average Bonchev–Trinajstić information content (AvgIpc) is 2.83. The number of likely N-dealkylation sites (tertiary alicyclic amines) is 1. The fourth-order valence-corrected chi connectivity index (χ4v) is 3.46. The van der Waals surface area contributed by atoms with Gasteiger partial charge in [0.25, 0.3) is 0 Å². The van der Waals surface area contributed by atoms with Crippen LogP contribution in [0.25, 0.3) is 0 Å². The monoisotopic (exact) mass is 234 g/mol. The predicted molar refractivity (Wildman–Crippen MR) is 67.8 cm³/mol. The maximum Gasteiger partial charge on any atom is 0.0947 e. The molecular weight excluding hydrogens is 212 g/mol. The Bertz CT molecular complexity index is 336. The number of piperidine rings is 2. The highest BCUT2D eigenvalue weighted by Crippen LogP contribution is 2.36. The van der Waals surface area contributed by atoms with Crippen LogP contribution in [-0.2, 0) is 6.54 Å². The maximum atomic E-state index is 5.15. The molecule has 1 aromatic heterocycles. The minimum Gasteiger partial charge on any atom is -0.472 e. The van der Waals surface area contributed by atoms with Gasteiger partial charge in [0.05, 0.1) is 12.5 Å². The second kappa shape index (κ2) is 4.83. The third kappa shape index (κ3) is 2.55. The van der Waals surface area contributed by atoms with Crippen molar-refractivity contribution in [1.29, 1.82) is 0 Å². The summed E-state index contributed by atoms with van der Waals surface area (Å²) in [6, 6.07) is 2.08. The van der Waals surface area contributed by atoms with Gasteiger partial charge in [0.15, 0.2) is 0 Å². The summed E-state index contributed by atoms with van der Waals surface area (Å²) in [7, 11) is 0. The Morgan fingerprint density at radius 1 is 1.35 bits per heavy atom. The van der Waals surface area contributed by atoms with Crippen LogP contribution < -0.4 is 5.32 Å². The van der Waals surface area contributed by atoms with E-state index in [9.17, 15) is 0 Å². The molecule has 2 aliphatic heterocycles. The van der Waals surface area contributed by atoms with Crippen LogP contribution in [0.4, 0.5) is 0 Å². The van der Waals surface area contributed by atoms with Gasteiger partial charge in [0, 0.05) is 25.2 Å². The molecule has 0 amide bonds. The van der Waals surface area contributed by atoms with Crippen molar-refractivity contribution in [3.05, 3.63) is 24.2 Å². The van der Waals surface area contributed by atoms with Crippen LogP contribution in [0.2, 0.25) is 0 Å². The maximum absolute atomic E-state index is 5.15. The van der Waals surface area contributed by atoms with Crippen molar-refractivity contribution in [3.8, 4) is 0 Å². The lowest BCUT2D eigenvalue weighted by Gasteiger charge is -2.45. The molecule has 0 bridgehead atoms. The highest BCUT2D eigenvalue weighted by Gasteiger charge is 2.36. The van der Waals surface area contributed by atoms with E-state index >= 15 is 0 Å². The number of hydrogen-bond donors (Lipinski definition) is 1. The lowest BCUT2D eigenvalue weighted by Crippen LogP contribution is -2.50. The van der Waals surface area contributed by atoms with Crippen molar-refractivity contribution in [2.24, 2.45) is 5.41 Å². The third-order valence-corrected chi connectivity index (χ3v) is 4.29. The largest absolute Gasteiger partial charge is 0.472 e. The Morgan fingerprint density at radius 2 is 2.29 bits per heavy atom. The van der Waals surface area contributed by atoms with Gasteiger partial charge in [-0.25, -0.2) is 0 Å². The summed E-state index contributed by atoms with van der Waals surface area (Å²) in [4.78, 5) is 2.60. The van der Waals surface area contributed by atoms with Gasteiger partial charge in [-0.15, -0.1) is 0 Å². The van der Waals surface area contributed by atoms with E-state index in [0.29, 0.717) is 5.41 Å². The van der Waals surface area contributed by atoms with E-state index in [1.807, 2.05) is 6.26 Å². The van der Waals surface area contributed by atoms with Gasteiger partial charge >= 0.3 is 0 Å². The Kier molecular flexibility index (Phi) is 3.21.